The van der Waals surface area contributed by atoms with Crippen LogP contribution in [0.1, 0.15) is 75.6 Å². The summed E-state index contributed by atoms with van der Waals surface area (Å²) in [7, 11) is 0. The van der Waals surface area contributed by atoms with E-state index < -0.39 is 0 Å². The SMILES string of the molecule is CC(C)c1ncc(N)c(C(=O)NC2CCC(C)(C)CC2)n1. The van der Waals surface area contributed by atoms with E-state index in [1.165, 1.54) is 6.20 Å². The van der Waals surface area contributed by atoms with Crippen LogP contribution < -0.4 is 11.1 Å². The van der Waals surface area contributed by atoms with Gasteiger partial charge in [0.15, 0.2) is 5.69 Å². The van der Waals surface area contributed by atoms with E-state index in [0.717, 1.165) is 25.7 Å². The number of amides is 1. The van der Waals surface area contributed by atoms with Crippen molar-refractivity contribution >= 4 is 11.6 Å². The maximum atomic E-state index is 12.4. The monoisotopic (exact) mass is 290 g/mol. The first-order valence-corrected chi connectivity index (χ1v) is 7.72. The van der Waals surface area contributed by atoms with Gasteiger partial charge in [0.2, 0.25) is 0 Å². The summed E-state index contributed by atoms with van der Waals surface area (Å²) < 4.78 is 0. The number of nitrogen functional groups attached to an aromatic ring is 1. The minimum absolute atomic E-state index is 0.174. The highest BCUT2D eigenvalue weighted by Gasteiger charge is 2.28. The minimum Gasteiger partial charge on any atom is -0.396 e. The average Bonchev–Trinajstić information content (AvgIpc) is 2.41. The second-order valence-electron chi connectivity index (χ2n) is 7.10. The number of anilines is 1. The molecule has 116 valence electrons. The molecule has 21 heavy (non-hydrogen) atoms. The summed E-state index contributed by atoms with van der Waals surface area (Å²) in [5, 5.41) is 3.07. The number of nitrogens with two attached hydrogens (primary N) is 1. The topological polar surface area (TPSA) is 80.9 Å². The van der Waals surface area contributed by atoms with Gasteiger partial charge in [0.05, 0.1) is 11.9 Å². The van der Waals surface area contributed by atoms with Gasteiger partial charge in [0.1, 0.15) is 5.82 Å². The van der Waals surface area contributed by atoms with Crippen LogP contribution in [0.3, 0.4) is 0 Å². The molecule has 5 nitrogen and oxygen atoms in total. The third kappa shape index (κ3) is 3.93. The Morgan fingerprint density at radius 3 is 2.57 bits per heavy atom. The molecular formula is C16H26N4O. The van der Waals surface area contributed by atoms with Gasteiger partial charge in [-0.25, -0.2) is 9.97 Å². The number of hydrogen-bond acceptors (Lipinski definition) is 4. The molecule has 1 saturated carbocycles. The van der Waals surface area contributed by atoms with E-state index in [0.29, 0.717) is 22.6 Å². The van der Waals surface area contributed by atoms with E-state index in [-0.39, 0.29) is 17.9 Å². The Kier molecular flexibility index (Phi) is 4.49. The molecule has 1 aliphatic rings. The lowest BCUT2D eigenvalue weighted by Gasteiger charge is -2.34. The van der Waals surface area contributed by atoms with Crippen LogP contribution in [0.5, 0.6) is 0 Å². The fourth-order valence-corrected chi connectivity index (χ4v) is 2.66. The summed E-state index contributed by atoms with van der Waals surface area (Å²) in [6.45, 7) is 8.55. The number of nitrogens with one attached hydrogen (secondary N) is 1. The van der Waals surface area contributed by atoms with Gasteiger partial charge in [0.25, 0.3) is 5.91 Å². The highest BCUT2D eigenvalue weighted by atomic mass is 16.2. The molecule has 0 aliphatic heterocycles. The van der Waals surface area contributed by atoms with Gasteiger partial charge >= 0.3 is 0 Å². The van der Waals surface area contributed by atoms with Crippen molar-refractivity contribution in [2.75, 3.05) is 5.73 Å². The Bertz CT molecular complexity index is 515. The van der Waals surface area contributed by atoms with E-state index in [1.54, 1.807) is 0 Å². The predicted octanol–water partition coefficient (Wildman–Crippen LogP) is 2.88. The first-order chi connectivity index (χ1) is 9.78. The Hall–Kier alpha value is -1.65. The highest BCUT2D eigenvalue weighted by Crippen LogP contribution is 2.35. The summed E-state index contributed by atoms with van der Waals surface area (Å²) in [5.74, 6) is 0.647. The normalized spacial score (nSPS) is 18.7. The van der Waals surface area contributed by atoms with Crippen molar-refractivity contribution in [3.8, 4) is 0 Å². The Labute approximate surface area is 126 Å². The Morgan fingerprint density at radius 1 is 1.38 bits per heavy atom. The minimum atomic E-state index is -0.179. The fraction of sp³-hybridized carbons (Fsp3) is 0.688. The maximum Gasteiger partial charge on any atom is 0.272 e. The van der Waals surface area contributed by atoms with Crippen LogP contribution in [0.15, 0.2) is 6.20 Å². The molecular weight excluding hydrogens is 264 g/mol. The van der Waals surface area contributed by atoms with Gasteiger partial charge in [-0.2, -0.15) is 0 Å². The summed E-state index contributed by atoms with van der Waals surface area (Å²) in [6.07, 6.45) is 5.83. The molecule has 1 heterocycles. The molecule has 0 spiro atoms. The first-order valence-electron chi connectivity index (χ1n) is 7.72. The molecule has 1 fully saturated rings. The van der Waals surface area contributed by atoms with Crippen molar-refractivity contribution in [3.63, 3.8) is 0 Å². The second kappa shape index (κ2) is 6.00. The van der Waals surface area contributed by atoms with E-state index in [9.17, 15) is 4.79 Å². The fourth-order valence-electron chi connectivity index (χ4n) is 2.66. The van der Waals surface area contributed by atoms with Gasteiger partial charge in [-0.15, -0.1) is 0 Å². The lowest BCUT2D eigenvalue weighted by Crippen LogP contribution is -2.40. The van der Waals surface area contributed by atoms with Crippen LogP contribution in [-0.2, 0) is 0 Å². The average molecular weight is 290 g/mol. The van der Waals surface area contributed by atoms with E-state index in [4.69, 9.17) is 5.73 Å². The molecule has 0 unspecified atom stereocenters. The summed E-state index contributed by atoms with van der Waals surface area (Å²) >= 11 is 0. The number of carbonyl (C=O) groups excluding carboxylic acids is 1. The second-order valence-corrected chi connectivity index (χ2v) is 7.10. The van der Waals surface area contributed by atoms with Crippen LogP contribution in [0.25, 0.3) is 0 Å². The quantitative estimate of drug-likeness (QED) is 0.897. The summed E-state index contributed by atoms with van der Waals surface area (Å²) in [6, 6.07) is 0.224. The third-order valence-corrected chi connectivity index (χ3v) is 4.24. The molecule has 0 bridgehead atoms. The largest absolute Gasteiger partial charge is 0.396 e. The smallest absolute Gasteiger partial charge is 0.272 e. The van der Waals surface area contributed by atoms with E-state index >= 15 is 0 Å². The molecule has 1 aromatic heterocycles. The number of hydrogen-bond donors (Lipinski definition) is 2. The summed E-state index contributed by atoms with van der Waals surface area (Å²) in [5.41, 5.74) is 6.89. The maximum absolute atomic E-state index is 12.4. The zero-order valence-corrected chi connectivity index (χ0v) is 13.4. The van der Waals surface area contributed by atoms with Gasteiger partial charge in [0, 0.05) is 12.0 Å². The summed E-state index contributed by atoms with van der Waals surface area (Å²) in [4.78, 5) is 20.9. The van der Waals surface area contributed by atoms with Gasteiger partial charge < -0.3 is 11.1 Å². The number of aromatic nitrogens is 2. The number of carbonyl (C=O) groups is 1. The van der Waals surface area contributed by atoms with Crippen LogP contribution in [0.2, 0.25) is 0 Å². The lowest BCUT2D eigenvalue weighted by atomic mass is 9.75. The Morgan fingerprint density at radius 2 is 2.00 bits per heavy atom. The van der Waals surface area contributed by atoms with Gasteiger partial charge in [-0.1, -0.05) is 27.7 Å². The molecule has 2 rings (SSSR count). The first kappa shape index (κ1) is 15.7. The predicted molar refractivity (Wildman–Crippen MR) is 84.0 cm³/mol. The van der Waals surface area contributed by atoms with Crippen LogP contribution in [0, 0.1) is 5.41 Å². The van der Waals surface area contributed by atoms with Crippen molar-refractivity contribution in [2.45, 2.75) is 65.3 Å². The van der Waals surface area contributed by atoms with Crippen molar-refractivity contribution in [1.29, 1.82) is 0 Å². The van der Waals surface area contributed by atoms with E-state index in [1.807, 2.05) is 13.8 Å². The van der Waals surface area contributed by atoms with Crippen molar-refractivity contribution in [3.05, 3.63) is 17.7 Å². The standard InChI is InChI=1S/C16H26N4O/c1-10(2)14-18-9-12(17)13(20-14)15(21)19-11-5-7-16(3,4)8-6-11/h9-11H,5-8,17H2,1-4H3,(H,19,21). The molecule has 3 N–H and O–H groups in total. The third-order valence-electron chi connectivity index (χ3n) is 4.24. The van der Waals surface area contributed by atoms with Crippen molar-refractivity contribution in [1.82, 2.24) is 15.3 Å². The highest BCUT2D eigenvalue weighted by molar-refractivity contribution is 5.97. The number of nitrogens with zero attached hydrogens (tertiary/aromatic N) is 2. The molecule has 1 aromatic rings. The zero-order chi connectivity index (χ0) is 15.6. The molecule has 5 heteroatoms. The van der Waals surface area contributed by atoms with Crippen LogP contribution in [-0.4, -0.2) is 21.9 Å². The van der Waals surface area contributed by atoms with Gasteiger partial charge in [-0.3, -0.25) is 4.79 Å². The molecule has 1 aliphatic carbocycles. The van der Waals surface area contributed by atoms with Crippen molar-refractivity contribution < 1.29 is 4.79 Å². The molecule has 0 aromatic carbocycles. The Balaban J connectivity index is 2.05. The molecule has 1 amide bonds. The molecule has 0 radical (unpaired) electrons. The lowest BCUT2D eigenvalue weighted by molar-refractivity contribution is 0.0904. The zero-order valence-electron chi connectivity index (χ0n) is 13.4. The van der Waals surface area contributed by atoms with Crippen LogP contribution in [0.4, 0.5) is 5.69 Å². The van der Waals surface area contributed by atoms with Crippen LogP contribution >= 0.6 is 0 Å². The number of rotatable bonds is 3. The van der Waals surface area contributed by atoms with Crippen molar-refractivity contribution in [2.24, 2.45) is 5.41 Å². The molecule has 0 saturated heterocycles. The van der Waals surface area contributed by atoms with E-state index in [2.05, 4.69) is 29.1 Å². The molecule has 0 atom stereocenters. The van der Waals surface area contributed by atoms with Gasteiger partial charge in [-0.05, 0) is 31.1 Å².